The van der Waals surface area contributed by atoms with Gasteiger partial charge < -0.3 is 10.4 Å². The molecule has 0 aliphatic rings. The van der Waals surface area contributed by atoms with Gasteiger partial charge in [-0.15, -0.1) is 11.8 Å². The summed E-state index contributed by atoms with van der Waals surface area (Å²) in [6.07, 6.45) is 0.869. The van der Waals surface area contributed by atoms with Crippen molar-refractivity contribution in [2.75, 3.05) is 12.4 Å². The number of hydrogen-bond donors (Lipinski definition) is 2. The lowest BCUT2D eigenvalue weighted by molar-refractivity contribution is -0.121. The van der Waals surface area contributed by atoms with E-state index in [-0.39, 0.29) is 30.8 Å². The van der Waals surface area contributed by atoms with Gasteiger partial charge in [-0.05, 0) is 24.1 Å². The molecule has 2 aromatic rings. The first kappa shape index (κ1) is 17.5. The van der Waals surface area contributed by atoms with E-state index in [1.54, 1.807) is 18.2 Å². The number of carbonyl (C=O) groups is 1. The molecule has 0 saturated heterocycles. The van der Waals surface area contributed by atoms with Crippen LogP contribution in [-0.4, -0.2) is 29.4 Å². The van der Waals surface area contributed by atoms with Gasteiger partial charge >= 0.3 is 0 Å². The first-order valence-electron chi connectivity index (χ1n) is 7.50. The van der Waals surface area contributed by atoms with Gasteiger partial charge in [0, 0.05) is 17.1 Å². The summed E-state index contributed by atoms with van der Waals surface area (Å²) in [5.74, 6) is 0.0926. The van der Waals surface area contributed by atoms with Gasteiger partial charge in [-0.2, -0.15) is 0 Å². The van der Waals surface area contributed by atoms with E-state index in [9.17, 15) is 14.3 Å². The van der Waals surface area contributed by atoms with Crippen LogP contribution in [0, 0.1) is 5.82 Å². The molecule has 0 aromatic heterocycles. The van der Waals surface area contributed by atoms with Crippen molar-refractivity contribution in [1.82, 2.24) is 5.32 Å². The van der Waals surface area contributed by atoms with Crippen LogP contribution >= 0.6 is 11.8 Å². The molecule has 0 fully saturated rings. The predicted molar refractivity (Wildman–Crippen MR) is 90.9 cm³/mol. The Balaban J connectivity index is 1.75. The molecule has 122 valence electrons. The van der Waals surface area contributed by atoms with Crippen LogP contribution in [0.1, 0.15) is 12.0 Å². The second-order valence-corrected chi connectivity index (χ2v) is 6.30. The van der Waals surface area contributed by atoms with Crippen molar-refractivity contribution in [2.24, 2.45) is 0 Å². The molecule has 2 N–H and O–H groups in total. The van der Waals surface area contributed by atoms with Crippen LogP contribution in [-0.2, 0) is 11.2 Å². The first-order chi connectivity index (χ1) is 11.2. The Morgan fingerprint density at radius 1 is 1.13 bits per heavy atom. The van der Waals surface area contributed by atoms with Gasteiger partial charge in [0.15, 0.2) is 0 Å². The average molecular weight is 333 g/mol. The SMILES string of the molecule is O=C(CCSc1ccccc1F)NC(CO)Cc1ccccc1. The lowest BCUT2D eigenvalue weighted by Crippen LogP contribution is -2.39. The fourth-order valence-corrected chi connectivity index (χ4v) is 3.06. The molecule has 5 heteroatoms. The largest absolute Gasteiger partial charge is 0.394 e. The zero-order chi connectivity index (χ0) is 16.5. The van der Waals surface area contributed by atoms with Crippen molar-refractivity contribution < 1.29 is 14.3 Å². The minimum atomic E-state index is -0.302. The van der Waals surface area contributed by atoms with Crippen LogP contribution in [0.15, 0.2) is 59.5 Å². The summed E-state index contributed by atoms with van der Waals surface area (Å²) in [5.41, 5.74) is 1.06. The van der Waals surface area contributed by atoms with Crippen molar-refractivity contribution >= 4 is 17.7 Å². The number of halogens is 1. The second kappa shape index (κ2) is 9.33. The average Bonchev–Trinajstić information content (AvgIpc) is 2.57. The van der Waals surface area contributed by atoms with Gasteiger partial charge in [0.1, 0.15) is 5.82 Å². The van der Waals surface area contributed by atoms with Crippen molar-refractivity contribution in [2.45, 2.75) is 23.8 Å². The van der Waals surface area contributed by atoms with Crippen molar-refractivity contribution in [3.63, 3.8) is 0 Å². The number of benzene rings is 2. The van der Waals surface area contributed by atoms with Crippen LogP contribution in [0.2, 0.25) is 0 Å². The normalized spacial score (nSPS) is 11.9. The van der Waals surface area contributed by atoms with Gasteiger partial charge in [-0.3, -0.25) is 4.79 Å². The van der Waals surface area contributed by atoms with Gasteiger partial charge in [-0.1, -0.05) is 42.5 Å². The lowest BCUT2D eigenvalue weighted by Gasteiger charge is -2.16. The summed E-state index contributed by atoms with van der Waals surface area (Å²) < 4.78 is 13.5. The summed E-state index contributed by atoms with van der Waals surface area (Å²) in [7, 11) is 0. The maximum atomic E-state index is 13.5. The van der Waals surface area contributed by atoms with E-state index in [1.807, 2.05) is 30.3 Å². The van der Waals surface area contributed by atoms with Crippen LogP contribution in [0.3, 0.4) is 0 Å². The molecule has 0 aliphatic carbocycles. The number of carbonyl (C=O) groups excluding carboxylic acids is 1. The monoisotopic (exact) mass is 333 g/mol. The third-order valence-corrected chi connectivity index (χ3v) is 4.38. The fraction of sp³-hybridized carbons (Fsp3) is 0.278. The summed E-state index contributed by atoms with van der Waals surface area (Å²) in [5, 5.41) is 12.2. The van der Waals surface area contributed by atoms with Crippen molar-refractivity contribution in [1.29, 1.82) is 0 Å². The lowest BCUT2D eigenvalue weighted by atomic mass is 10.1. The zero-order valence-electron chi connectivity index (χ0n) is 12.7. The molecule has 2 aromatic carbocycles. The third kappa shape index (κ3) is 6.04. The highest BCUT2D eigenvalue weighted by molar-refractivity contribution is 7.99. The number of rotatable bonds is 8. The number of thioether (sulfide) groups is 1. The number of aliphatic hydroxyl groups excluding tert-OH is 1. The van der Waals surface area contributed by atoms with E-state index in [1.165, 1.54) is 17.8 Å². The summed E-state index contributed by atoms with van der Waals surface area (Å²) in [6, 6.07) is 15.9. The number of aliphatic hydroxyl groups is 1. The second-order valence-electron chi connectivity index (χ2n) is 5.17. The Hall–Kier alpha value is -1.85. The highest BCUT2D eigenvalue weighted by Crippen LogP contribution is 2.21. The molecule has 23 heavy (non-hydrogen) atoms. The van der Waals surface area contributed by atoms with Crippen LogP contribution in [0.5, 0.6) is 0 Å². The topological polar surface area (TPSA) is 49.3 Å². The minimum absolute atomic E-state index is 0.110. The summed E-state index contributed by atoms with van der Waals surface area (Å²) >= 11 is 1.32. The Bertz CT molecular complexity index is 621. The van der Waals surface area contributed by atoms with Gasteiger partial charge in [0.2, 0.25) is 5.91 Å². The molecule has 0 spiro atoms. The molecule has 0 bridgehead atoms. The fourth-order valence-electron chi connectivity index (χ4n) is 2.18. The molecule has 3 nitrogen and oxygen atoms in total. The van der Waals surface area contributed by atoms with Gasteiger partial charge in [0.05, 0.1) is 12.6 Å². The van der Waals surface area contributed by atoms with Crippen molar-refractivity contribution in [3.05, 3.63) is 66.0 Å². The molecular formula is C18H20FNO2S. The number of hydrogen-bond acceptors (Lipinski definition) is 3. The molecular weight excluding hydrogens is 313 g/mol. The highest BCUT2D eigenvalue weighted by Gasteiger charge is 2.12. The standard InChI is InChI=1S/C18H20FNO2S/c19-16-8-4-5-9-17(16)23-11-10-18(22)20-15(13-21)12-14-6-2-1-3-7-14/h1-9,15,21H,10-13H2,(H,20,22). The first-order valence-corrected chi connectivity index (χ1v) is 8.49. The molecule has 0 radical (unpaired) electrons. The van der Waals surface area contributed by atoms with Crippen LogP contribution in [0.25, 0.3) is 0 Å². The Morgan fingerprint density at radius 2 is 1.83 bits per heavy atom. The smallest absolute Gasteiger partial charge is 0.221 e. The zero-order valence-corrected chi connectivity index (χ0v) is 13.6. The molecule has 1 unspecified atom stereocenters. The van der Waals surface area contributed by atoms with Crippen LogP contribution < -0.4 is 5.32 Å². The van der Waals surface area contributed by atoms with E-state index >= 15 is 0 Å². The molecule has 0 saturated carbocycles. The Kier molecular flexibility index (Phi) is 7.10. The van der Waals surface area contributed by atoms with Crippen LogP contribution in [0.4, 0.5) is 4.39 Å². The summed E-state index contributed by atoms with van der Waals surface area (Å²) in [4.78, 5) is 12.5. The molecule has 0 aliphatic heterocycles. The molecule has 1 amide bonds. The molecule has 2 rings (SSSR count). The Morgan fingerprint density at radius 3 is 2.52 bits per heavy atom. The minimum Gasteiger partial charge on any atom is -0.394 e. The van der Waals surface area contributed by atoms with Crippen molar-refractivity contribution in [3.8, 4) is 0 Å². The maximum absolute atomic E-state index is 13.5. The van der Waals surface area contributed by atoms with E-state index in [0.717, 1.165) is 5.56 Å². The number of nitrogens with one attached hydrogen (secondary N) is 1. The van der Waals surface area contributed by atoms with Gasteiger partial charge in [0.25, 0.3) is 0 Å². The molecule has 1 atom stereocenters. The van der Waals surface area contributed by atoms with Gasteiger partial charge in [-0.25, -0.2) is 4.39 Å². The third-order valence-electron chi connectivity index (χ3n) is 3.33. The van der Waals surface area contributed by atoms with E-state index in [4.69, 9.17) is 0 Å². The predicted octanol–water partition coefficient (Wildman–Crippen LogP) is 3.03. The highest BCUT2D eigenvalue weighted by atomic mass is 32.2. The maximum Gasteiger partial charge on any atom is 0.221 e. The summed E-state index contributed by atoms with van der Waals surface area (Å²) in [6.45, 7) is -0.110. The van der Waals surface area contributed by atoms with E-state index in [2.05, 4.69) is 5.32 Å². The molecule has 0 heterocycles. The quantitative estimate of drug-likeness (QED) is 0.730. The van der Waals surface area contributed by atoms with E-state index in [0.29, 0.717) is 17.1 Å². The number of amides is 1. The van der Waals surface area contributed by atoms with E-state index < -0.39 is 0 Å². The Labute approximate surface area is 139 Å².